The minimum absolute atomic E-state index is 0.0294. The number of nitrogens with one attached hydrogen (secondary N) is 2. The van der Waals surface area contributed by atoms with Crippen LogP contribution in [-0.4, -0.2) is 28.0 Å². The lowest BCUT2D eigenvalue weighted by Crippen LogP contribution is -2.24. The summed E-state index contributed by atoms with van der Waals surface area (Å²) in [6, 6.07) is 15.8. The zero-order chi connectivity index (χ0) is 21.3. The van der Waals surface area contributed by atoms with Gasteiger partial charge >= 0.3 is 0 Å². The Morgan fingerprint density at radius 3 is 2.57 bits per heavy atom. The van der Waals surface area contributed by atoms with Crippen molar-refractivity contribution >= 4 is 10.9 Å². The average molecular weight is 405 g/mol. The molecule has 30 heavy (non-hydrogen) atoms. The van der Waals surface area contributed by atoms with Crippen LogP contribution >= 0.6 is 0 Å². The van der Waals surface area contributed by atoms with Gasteiger partial charge in [-0.25, -0.2) is 4.68 Å². The van der Waals surface area contributed by atoms with Gasteiger partial charge in [-0.2, -0.15) is 0 Å². The Labute approximate surface area is 176 Å². The molecule has 2 aromatic carbocycles. The van der Waals surface area contributed by atoms with Crippen LogP contribution in [0.2, 0.25) is 0 Å². The SMILES string of the molecule is COc1ccc2[nH]c(C)c(CCNCc3c(C)n(C)n(-c4ccccc4)c3=O)c2c1. The predicted molar refractivity (Wildman–Crippen MR) is 121 cm³/mol. The van der Waals surface area contributed by atoms with Gasteiger partial charge in [0.1, 0.15) is 5.75 Å². The molecule has 0 radical (unpaired) electrons. The van der Waals surface area contributed by atoms with E-state index in [1.165, 1.54) is 16.6 Å². The van der Waals surface area contributed by atoms with Gasteiger partial charge in [-0.3, -0.25) is 9.48 Å². The molecule has 0 aliphatic carbocycles. The zero-order valence-corrected chi connectivity index (χ0v) is 18.0. The number of aryl methyl sites for hydroxylation is 1. The summed E-state index contributed by atoms with van der Waals surface area (Å²) in [6.45, 7) is 5.42. The first-order valence-electron chi connectivity index (χ1n) is 10.2. The number of fused-ring (bicyclic) bond motifs is 1. The highest BCUT2D eigenvalue weighted by Gasteiger charge is 2.16. The first kappa shape index (κ1) is 20.0. The number of benzene rings is 2. The van der Waals surface area contributed by atoms with Crippen LogP contribution in [0.4, 0.5) is 0 Å². The van der Waals surface area contributed by atoms with E-state index in [9.17, 15) is 4.79 Å². The van der Waals surface area contributed by atoms with Crippen molar-refractivity contribution in [2.24, 2.45) is 7.05 Å². The molecule has 0 fully saturated rings. The summed E-state index contributed by atoms with van der Waals surface area (Å²) in [7, 11) is 3.61. The Kier molecular flexibility index (Phi) is 5.50. The highest BCUT2D eigenvalue weighted by atomic mass is 16.5. The summed E-state index contributed by atoms with van der Waals surface area (Å²) in [5, 5.41) is 4.65. The second-order valence-corrected chi connectivity index (χ2v) is 7.61. The fourth-order valence-electron chi connectivity index (χ4n) is 4.06. The van der Waals surface area contributed by atoms with Crippen LogP contribution in [0.25, 0.3) is 16.6 Å². The summed E-state index contributed by atoms with van der Waals surface area (Å²) in [4.78, 5) is 16.5. The standard InChI is InChI=1S/C24H28N4O2/c1-16-20(21-14-19(30-4)10-11-23(21)26-16)12-13-25-15-22-17(2)27(3)28(24(22)29)18-8-6-5-7-9-18/h5-11,14,25-26H,12-13,15H2,1-4H3. The van der Waals surface area contributed by atoms with Gasteiger partial charge in [0.05, 0.1) is 18.4 Å². The van der Waals surface area contributed by atoms with Crippen molar-refractivity contribution in [1.29, 1.82) is 0 Å². The van der Waals surface area contributed by atoms with Crippen molar-refractivity contribution in [3.63, 3.8) is 0 Å². The predicted octanol–water partition coefficient (Wildman–Crippen LogP) is 3.62. The number of aromatic amines is 1. The van der Waals surface area contributed by atoms with Crippen LogP contribution in [-0.2, 0) is 20.0 Å². The van der Waals surface area contributed by atoms with Gasteiger partial charge in [-0.15, -0.1) is 0 Å². The van der Waals surface area contributed by atoms with Crippen molar-refractivity contribution in [2.75, 3.05) is 13.7 Å². The molecule has 0 atom stereocenters. The average Bonchev–Trinajstić information content (AvgIpc) is 3.18. The molecule has 4 rings (SSSR count). The van der Waals surface area contributed by atoms with Crippen LogP contribution in [0.5, 0.6) is 5.75 Å². The van der Waals surface area contributed by atoms with E-state index in [-0.39, 0.29) is 5.56 Å². The largest absolute Gasteiger partial charge is 0.497 e. The second kappa shape index (κ2) is 8.24. The van der Waals surface area contributed by atoms with Crippen LogP contribution in [0.15, 0.2) is 53.3 Å². The molecule has 2 heterocycles. The first-order chi connectivity index (χ1) is 14.5. The monoisotopic (exact) mass is 404 g/mol. The van der Waals surface area contributed by atoms with Crippen LogP contribution in [0.3, 0.4) is 0 Å². The number of rotatable bonds is 7. The molecule has 0 aliphatic rings. The molecule has 0 aliphatic heterocycles. The van der Waals surface area contributed by atoms with E-state index < -0.39 is 0 Å². The maximum atomic E-state index is 13.0. The number of ether oxygens (including phenoxy) is 1. The number of methoxy groups -OCH3 is 1. The molecule has 0 saturated carbocycles. The number of hydrogen-bond acceptors (Lipinski definition) is 3. The molecule has 0 unspecified atom stereocenters. The summed E-state index contributed by atoms with van der Waals surface area (Å²) in [5.41, 5.74) is 6.26. The molecule has 6 heteroatoms. The van der Waals surface area contributed by atoms with Crippen LogP contribution < -0.4 is 15.6 Å². The highest BCUT2D eigenvalue weighted by molar-refractivity contribution is 5.86. The summed E-state index contributed by atoms with van der Waals surface area (Å²) >= 11 is 0. The second-order valence-electron chi connectivity index (χ2n) is 7.61. The number of aromatic nitrogens is 3. The maximum Gasteiger partial charge on any atom is 0.276 e. The molecular formula is C24H28N4O2. The Morgan fingerprint density at radius 2 is 1.83 bits per heavy atom. The van der Waals surface area contributed by atoms with Crippen molar-refractivity contribution in [2.45, 2.75) is 26.8 Å². The van der Waals surface area contributed by atoms with E-state index in [1.54, 1.807) is 11.8 Å². The highest BCUT2D eigenvalue weighted by Crippen LogP contribution is 2.26. The molecule has 0 spiro atoms. The Bertz CT molecular complexity index is 1230. The van der Waals surface area contributed by atoms with E-state index in [1.807, 2.05) is 55.1 Å². The van der Waals surface area contributed by atoms with E-state index in [0.29, 0.717) is 6.54 Å². The third kappa shape index (κ3) is 3.55. The van der Waals surface area contributed by atoms with Gasteiger partial charge < -0.3 is 15.0 Å². The molecular weight excluding hydrogens is 376 g/mol. The molecule has 2 N–H and O–H groups in total. The van der Waals surface area contributed by atoms with Crippen molar-refractivity contribution in [1.82, 2.24) is 19.7 Å². The van der Waals surface area contributed by atoms with Gasteiger partial charge in [-0.05, 0) is 62.7 Å². The molecule has 4 aromatic rings. The number of para-hydroxylation sites is 1. The lowest BCUT2D eigenvalue weighted by atomic mass is 10.1. The normalized spacial score (nSPS) is 11.3. The third-order valence-electron chi connectivity index (χ3n) is 5.85. The minimum atomic E-state index is 0.0294. The van der Waals surface area contributed by atoms with Gasteiger partial charge in [0, 0.05) is 35.9 Å². The van der Waals surface area contributed by atoms with Gasteiger partial charge in [-0.1, -0.05) is 18.2 Å². The quantitative estimate of drug-likeness (QED) is 0.463. The Balaban J connectivity index is 1.49. The lowest BCUT2D eigenvalue weighted by molar-refractivity contribution is 0.415. The molecule has 6 nitrogen and oxygen atoms in total. The number of hydrogen-bond donors (Lipinski definition) is 2. The van der Waals surface area contributed by atoms with Crippen LogP contribution in [0.1, 0.15) is 22.5 Å². The van der Waals surface area contributed by atoms with Crippen LogP contribution in [0, 0.1) is 13.8 Å². The smallest absolute Gasteiger partial charge is 0.276 e. The van der Waals surface area contributed by atoms with E-state index in [2.05, 4.69) is 29.4 Å². The minimum Gasteiger partial charge on any atom is -0.497 e. The molecule has 0 bridgehead atoms. The summed E-state index contributed by atoms with van der Waals surface area (Å²) in [5.74, 6) is 0.858. The van der Waals surface area contributed by atoms with Gasteiger partial charge in [0.15, 0.2) is 0 Å². The first-order valence-corrected chi connectivity index (χ1v) is 10.2. The number of nitrogens with zero attached hydrogens (tertiary/aromatic N) is 2. The maximum absolute atomic E-state index is 13.0. The zero-order valence-electron chi connectivity index (χ0n) is 18.0. The molecule has 0 saturated heterocycles. The van der Waals surface area contributed by atoms with Crippen molar-refractivity contribution < 1.29 is 4.74 Å². The Morgan fingerprint density at radius 1 is 1.07 bits per heavy atom. The van der Waals surface area contributed by atoms with Crippen molar-refractivity contribution in [3.05, 3.63) is 81.4 Å². The number of H-pyrrole nitrogens is 1. The fourth-order valence-corrected chi connectivity index (χ4v) is 4.06. The lowest BCUT2D eigenvalue weighted by Gasteiger charge is -2.07. The van der Waals surface area contributed by atoms with Crippen molar-refractivity contribution in [3.8, 4) is 11.4 Å². The third-order valence-corrected chi connectivity index (χ3v) is 5.85. The van der Waals surface area contributed by atoms with E-state index in [4.69, 9.17) is 4.74 Å². The summed E-state index contributed by atoms with van der Waals surface area (Å²) in [6.07, 6.45) is 0.873. The summed E-state index contributed by atoms with van der Waals surface area (Å²) < 4.78 is 9.02. The molecule has 0 amide bonds. The Hall–Kier alpha value is -3.25. The molecule has 156 valence electrons. The molecule has 2 aromatic heterocycles. The fraction of sp³-hybridized carbons (Fsp3) is 0.292. The van der Waals surface area contributed by atoms with E-state index in [0.717, 1.165) is 41.2 Å². The topological polar surface area (TPSA) is 64.0 Å². The van der Waals surface area contributed by atoms with Gasteiger partial charge in [0.2, 0.25) is 0 Å². The van der Waals surface area contributed by atoms with E-state index >= 15 is 0 Å². The van der Waals surface area contributed by atoms with Gasteiger partial charge in [0.25, 0.3) is 5.56 Å².